The predicted octanol–water partition coefficient (Wildman–Crippen LogP) is 4.00. The molecular formula is C20H26N2O2S. The van der Waals surface area contributed by atoms with E-state index in [1.54, 1.807) is 17.4 Å². The van der Waals surface area contributed by atoms with Crippen molar-refractivity contribution >= 4 is 23.3 Å². The van der Waals surface area contributed by atoms with E-state index >= 15 is 0 Å². The van der Waals surface area contributed by atoms with Gasteiger partial charge in [-0.15, -0.1) is 11.3 Å². The number of carbonyl (C=O) groups is 1. The van der Waals surface area contributed by atoms with Gasteiger partial charge in [-0.2, -0.15) is 0 Å². The maximum atomic E-state index is 11.9. The third-order valence-electron chi connectivity index (χ3n) is 4.75. The molecule has 5 heteroatoms. The minimum absolute atomic E-state index is 0.000303. The second kappa shape index (κ2) is 8.50. The Labute approximate surface area is 153 Å². The monoisotopic (exact) mass is 358 g/mol. The second-order valence-electron chi connectivity index (χ2n) is 6.75. The molecule has 3 heterocycles. The summed E-state index contributed by atoms with van der Waals surface area (Å²) in [6.07, 6.45) is 5.76. The van der Waals surface area contributed by atoms with Gasteiger partial charge >= 0.3 is 0 Å². The molecule has 1 fully saturated rings. The average molecular weight is 359 g/mol. The highest BCUT2D eigenvalue weighted by molar-refractivity contribution is 7.10. The van der Waals surface area contributed by atoms with Gasteiger partial charge in [-0.1, -0.05) is 6.07 Å². The van der Waals surface area contributed by atoms with Crippen LogP contribution >= 0.6 is 11.3 Å². The highest BCUT2D eigenvalue weighted by Gasteiger charge is 2.20. The zero-order chi connectivity index (χ0) is 17.6. The molecule has 1 aliphatic heterocycles. The topological polar surface area (TPSA) is 45.5 Å². The number of amides is 1. The standard InChI is InChI=1S/C20H26N2O2S/c1-15-12-18(16(2)24-15)14-22-9-7-17(8-10-22)13-21-20(23)6-5-19-4-3-11-25-19/h3-6,11-12,17H,7-10,13-14H2,1-2H3,(H,21,23)/b6-5+. The van der Waals surface area contributed by atoms with Crippen LogP contribution in [0.4, 0.5) is 0 Å². The Morgan fingerprint density at radius 1 is 1.40 bits per heavy atom. The Balaban J connectivity index is 1.37. The highest BCUT2D eigenvalue weighted by Crippen LogP contribution is 2.21. The first-order valence-electron chi connectivity index (χ1n) is 8.88. The molecule has 0 saturated carbocycles. The minimum atomic E-state index is 0.000303. The van der Waals surface area contributed by atoms with E-state index < -0.39 is 0 Å². The molecule has 134 valence electrons. The molecule has 0 bridgehead atoms. The van der Waals surface area contributed by atoms with E-state index in [2.05, 4.69) is 16.3 Å². The molecule has 0 spiro atoms. The highest BCUT2D eigenvalue weighted by atomic mass is 32.1. The molecule has 0 aliphatic carbocycles. The molecular weight excluding hydrogens is 332 g/mol. The normalized spacial score (nSPS) is 16.6. The number of nitrogens with one attached hydrogen (secondary N) is 1. The van der Waals surface area contributed by atoms with Crippen molar-refractivity contribution in [3.63, 3.8) is 0 Å². The van der Waals surface area contributed by atoms with Gasteiger partial charge in [0.1, 0.15) is 11.5 Å². The zero-order valence-electron chi connectivity index (χ0n) is 15.0. The summed E-state index contributed by atoms with van der Waals surface area (Å²) in [7, 11) is 0. The number of aryl methyl sites for hydroxylation is 2. The summed E-state index contributed by atoms with van der Waals surface area (Å²) >= 11 is 1.64. The van der Waals surface area contributed by atoms with E-state index in [1.807, 2.05) is 37.4 Å². The third kappa shape index (κ3) is 5.31. The number of furan rings is 1. The lowest BCUT2D eigenvalue weighted by atomic mass is 9.96. The van der Waals surface area contributed by atoms with Crippen LogP contribution in [0, 0.1) is 19.8 Å². The van der Waals surface area contributed by atoms with Crippen LogP contribution in [0.1, 0.15) is 34.8 Å². The summed E-state index contributed by atoms with van der Waals surface area (Å²) in [5.74, 6) is 2.59. The first-order valence-corrected chi connectivity index (χ1v) is 9.76. The van der Waals surface area contributed by atoms with Gasteiger partial charge in [-0.05, 0) is 69.3 Å². The Bertz CT molecular complexity index is 710. The van der Waals surface area contributed by atoms with Crippen molar-refractivity contribution in [1.82, 2.24) is 10.2 Å². The summed E-state index contributed by atoms with van der Waals surface area (Å²) in [4.78, 5) is 15.5. The summed E-state index contributed by atoms with van der Waals surface area (Å²) in [5.41, 5.74) is 1.29. The van der Waals surface area contributed by atoms with Crippen molar-refractivity contribution in [3.8, 4) is 0 Å². The number of nitrogens with zero attached hydrogens (tertiary/aromatic N) is 1. The Hall–Kier alpha value is -1.85. The SMILES string of the molecule is Cc1cc(CN2CCC(CNC(=O)/C=C/c3cccs3)CC2)c(C)o1. The zero-order valence-corrected chi connectivity index (χ0v) is 15.8. The molecule has 2 aromatic heterocycles. The number of rotatable bonds is 6. The molecule has 1 aliphatic rings. The molecule has 3 rings (SSSR count). The van der Waals surface area contributed by atoms with Gasteiger partial charge in [0, 0.05) is 29.6 Å². The van der Waals surface area contributed by atoms with Gasteiger partial charge in [0.25, 0.3) is 0 Å². The van der Waals surface area contributed by atoms with Crippen LogP contribution in [0.5, 0.6) is 0 Å². The van der Waals surface area contributed by atoms with Crippen LogP contribution in [0.25, 0.3) is 6.08 Å². The van der Waals surface area contributed by atoms with E-state index in [9.17, 15) is 4.79 Å². The number of hydrogen-bond acceptors (Lipinski definition) is 4. The molecule has 4 nitrogen and oxygen atoms in total. The van der Waals surface area contributed by atoms with E-state index in [-0.39, 0.29) is 5.91 Å². The fourth-order valence-corrected chi connectivity index (χ4v) is 3.90. The maximum Gasteiger partial charge on any atom is 0.244 e. The number of thiophene rings is 1. The van der Waals surface area contributed by atoms with Crippen molar-refractivity contribution in [2.45, 2.75) is 33.2 Å². The maximum absolute atomic E-state index is 11.9. The van der Waals surface area contributed by atoms with Crippen molar-refractivity contribution in [2.24, 2.45) is 5.92 Å². The second-order valence-corrected chi connectivity index (χ2v) is 7.73. The van der Waals surface area contributed by atoms with Gasteiger partial charge in [0.15, 0.2) is 0 Å². The van der Waals surface area contributed by atoms with Gasteiger partial charge < -0.3 is 9.73 Å². The van der Waals surface area contributed by atoms with Crippen molar-refractivity contribution in [2.75, 3.05) is 19.6 Å². The van der Waals surface area contributed by atoms with Crippen LogP contribution in [0.3, 0.4) is 0 Å². The Morgan fingerprint density at radius 2 is 2.20 bits per heavy atom. The average Bonchev–Trinajstić information content (AvgIpc) is 3.22. The predicted molar refractivity (Wildman–Crippen MR) is 103 cm³/mol. The third-order valence-corrected chi connectivity index (χ3v) is 5.59. The first-order chi connectivity index (χ1) is 12.1. The smallest absolute Gasteiger partial charge is 0.244 e. The lowest BCUT2D eigenvalue weighted by Gasteiger charge is -2.31. The van der Waals surface area contributed by atoms with Crippen molar-refractivity contribution < 1.29 is 9.21 Å². The fourth-order valence-electron chi connectivity index (χ4n) is 3.28. The molecule has 0 radical (unpaired) electrons. The van der Waals surface area contributed by atoms with Crippen LogP contribution in [0.15, 0.2) is 34.1 Å². The lowest BCUT2D eigenvalue weighted by Crippen LogP contribution is -2.38. The summed E-state index contributed by atoms with van der Waals surface area (Å²) < 4.78 is 5.61. The Morgan fingerprint density at radius 3 is 2.84 bits per heavy atom. The van der Waals surface area contributed by atoms with Gasteiger partial charge in [-0.3, -0.25) is 9.69 Å². The Kier molecular flexibility index (Phi) is 6.10. The van der Waals surface area contributed by atoms with E-state index in [1.165, 1.54) is 5.56 Å². The quantitative estimate of drug-likeness (QED) is 0.794. The largest absolute Gasteiger partial charge is 0.466 e. The summed E-state index contributed by atoms with van der Waals surface area (Å²) in [5, 5.41) is 5.05. The van der Waals surface area contributed by atoms with Crippen molar-refractivity contribution in [3.05, 3.63) is 51.6 Å². The van der Waals surface area contributed by atoms with E-state index in [0.717, 1.165) is 55.4 Å². The van der Waals surface area contributed by atoms with E-state index in [0.29, 0.717) is 5.92 Å². The summed E-state index contributed by atoms with van der Waals surface area (Å²) in [6, 6.07) is 6.14. The van der Waals surface area contributed by atoms with Gasteiger partial charge in [0.2, 0.25) is 5.91 Å². The molecule has 1 saturated heterocycles. The van der Waals surface area contributed by atoms with Gasteiger partial charge in [0.05, 0.1) is 0 Å². The first kappa shape index (κ1) is 18.0. The van der Waals surface area contributed by atoms with Gasteiger partial charge in [-0.25, -0.2) is 0 Å². The molecule has 25 heavy (non-hydrogen) atoms. The molecule has 0 atom stereocenters. The lowest BCUT2D eigenvalue weighted by molar-refractivity contribution is -0.116. The van der Waals surface area contributed by atoms with E-state index in [4.69, 9.17) is 4.42 Å². The number of piperidine rings is 1. The van der Waals surface area contributed by atoms with Crippen LogP contribution in [0.2, 0.25) is 0 Å². The number of hydrogen-bond donors (Lipinski definition) is 1. The van der Waals surface area contributed by atoms with Crippen LogP contribution in [-0.4, -0.2) is 30.4 Å². The number of carbonyl (C=O) groups excluding carboxylic acids is 1. The minimum Gasteiger partial charge on any atom is -0.466 e. The molecule has 2 aromatic rings. The van der Waals surface area contributed by atoms with Crippen molar-refractivity contribution in [1.29, 1.82) is 0 Å². The molecule has 1 N–H and O–H groups in total. The fraction of sp³-hybridized carbons (Fsp3) is 0.450. The number of likely N-dealkylation sites (tertiary alicyclic amines) is 1. The van der Waals surface area contributed by atoms with Crippen LogP contribution < -0.4 is 5.32 Å². The molecule has 0 unspecified atom stereocenters. The molecule has 1 amide bonds. The molecule has 0 aromatic carbocycles. The van der Waals surface area contributed by atoms with Crippen LogP contribution in [-0.2, 0) is 11.3 Å². The summed E-state index contributed by atoms with van der Waals surface area (Å²) in [6.45, 7) is 7.92.